The molecule has 1 aromatic carbocycles. The third-order valence-electron chi connectivity index (χ3n) is 2.37. The standard InChI is InChI=1S/C12H13NO5S/c1-16-10-5-3-9(4-6-10)11(18-19(2,14)15)12-13-7-8-17-12/h3-8,11H,1-2H3. The summed E-state index contributed by atoms with van der Waals surface area (Å²) < 4.78 is 37.8. The average Bonchev–Trinajstić information content (AvgIpc) is 2.89. The minimum absolute atomic E-state index is 0.176. The zero-order chi connectivity index (χ0) is 13.9. The first-order valence-corrected chi connectivity index (χ1v) is 7.23. The lowest BCUT2D eigenvalue weighted by molar-refractivity contribution is 0.216. The molecule has 1 heterocycles. The van der Waals surface area contributed by atoms with E-state index in [-0.39, 0.29) is 5.89 Å². The predicted octanol–water partition coefficient (Wildman–Crippen LogP) is 1.75. The molecule has 0 aliphatic rings. The summed E-state index contributed by atoms with van der Waals surface area (Å²) >= 11 is 0. The van der Waals surface area contributed by atoms with Crippen LogP contribution in [0.1, 0.15) is 17.6 Å². The molecule has 102 valence electrons. The molecule has 19 heavy (non-hydrogen) atoms. The van der Waals surface area contributed by atoms with Crippen LogP contribution in [0.2, 0.25) is 0 Å². The highest BCUT2D eigenvalue weighted by Crippen LogP contribution is 2.27. The Bertz CT molecular complexity index is 619. The maximum absolute atomic E-state index is 11.3. The molecule has 0 fully saturated rings. The van der Waals surface area contributed by atoms with Gasteiger partial charge < -0.3 is 9.15 Å². The Labute approximate surface area is 111 Å². The van der Waals surface area contributed by atoms with Crippen molar-refractivity contribution in [3.05, 3.63) is 48.2 Å². The summed E-state index contributed by atoms with van der Waals surface area (Å²) in [5.41, 5.74) is 0.605. The van der Waals surface area contributed by atoms with Gasteiger partial charge in [-0.1, -0.05) is 12.1 Å². The Morgan fingerprint density at radius 2 is 1.95 bits per heavy atom. The van der Waals surface area contributed by atoms with Gasteiger partial charge in [0.25, 0.3) is 10.1 Å². The van der Waals surface area contributed by atoms with Crippen molar-refractivity contribution in [2.45, 2.75) is 6.10 Å². The number of hydrogen-bond donors (Lipinski definition) is 0. The molecule has 0 saturated heterocycles. The lowest BCUT2D eigenvalue weighted by Crippen LogP contribution is -2.12. The molecule has 6 nitrogen and oxygen atoms in total. The molecule has 0 radical (unpaired) electrons. The quantitative estimate of drug-likeness (QED) is 0.778. The van der Waals surface area contributed by atoms with Crippen molar-refractivity contribution in [1.82, 2.24) is 4.98 Å². The van der Waals surface area contributed by atoms with Crippen LogP contribution < -0.4 is 4.74 Å². The van der Waals surface area contributed by atoms with Gasteiger partial charge in [-0.2, -0.15) is 8.42 Å². The number of methoxy groups -OCH3 is 1. The van der Waals surface area contributed by atoms with Crippen LogP contribution in [-0.4, -0.2) is 26.8 Å². The number of benzene rings is 1. The van der Waals surface area contributed by atoms with Gasteiger partial charge in [0.2, 0.25) is 5.89 Å². The highest BCUT2D eigenvalue weighted by molar-refractivity contribution is 7.86. The molecule has 0 N–H and O–H groups in total. The number of aromatic nitrogens is 1. The van der Waals surface area contributed by atoms with E-state index in [0.29, 0.717) is 11.3 Å². The Balaban J connectivity index is 2.36. The molecule has 0 bridgehead atoms. The lowest BCUT2D eigenvalue weighted by Gasteiger charge is -2.13. The van der Waals surface area contributed by atoms with Crippen LogP contribution in [0.15, 0.2) is 41.1 Å². The van der Waals surface area contributed by atoms with Gasteiger partial charge in [0.1, 0.15) is 12.0 Å². The van der Waals surface area contributed by atoms with Crippen molar-refractivity contribution in [1.29, 1.82) is 0 Å². The third kappa shape index (κ3) is 3.55. The molecule has 0 amide bonds. The summed E-state index contributed by atoms with van der Waals surface area (Å²) in [6.45, 7) is 0. The Hall–Kier alpha value is -1.86. The zero-order valence-corrected chi connectivity index (χ0v) is 11.3. The molecule has 0 spiro atoms. The van der Waals surface area contributed by atoms with E-state index in [1.54, 1.807) is 31.4 Å². The van der Waals surface area contributed by atoms with E-state index in [1.807, 2.05) is 0 Å². The Morgan fingerprint density at radius 1 is 1.26 bits per heavy atom. The number of oxazole rings is 1. The Morgan fingerprint density at radius 3 is 2.42 bits per heavy atom. The molecular formula is C12H13NO5S. The van der Waals surface area contributed by atoms with Crippen LogP contribution in [0.4, 0.5) is 0 Å². The van der Waals surface area contributed by atoms with Gasteiger partial charge in [-0.05, 0) is 17.7 Å². The summed E-state index contributed by atoms with van der Waals surface area (Å²) in [4.78, 5) is 3.93. The molecule has 0 saturated carbocycles. The van der Waals surface area contributed by atoms with Crippen LogP contribution in [0, 0.1) is 0 Å². The van der Waals surface area contributed by atoms with Gasteiger partial charge in [-0.15, -0.1) is 0 Å². The number of hydrogen-bond acceptors (Lipinski definition) is 6. The van der Waals surface area contributed by atoms with E-state index in [1.165, 1.54) is 12.5 Å². The van der Waals surface area contributed by atoms with E-state index < -0.39 is 16.2 Å². The zero-order valence-electron chi connectivity index (χ0n) is 10.4. The first-order valence-electron chi connectivity index (χ1n) is 5.41. The van der Waals surface area contributed by atoms with Crippen LogP contribution in [-0.2, 0) is 14.3 Å². The number of rotatable bonds is 5. The summed E-state index contributed by atoms with van der Waals surface area (Å²) in [7, 11) is -2.10. The topological polar surface area (TPSA) is 78.6 Å². The van der Waals surface area contributed by atoms with Crippen molar-refractivity contribution in [3.63, 3.8) is 0 Å². The van der Waals surface area contributed by atoms with Crippen molar-refractivity contribution in [2.75, 3.05) is 13.4 Å². The second-order valence-electron chi connectivity index (χ2n) is 3.82. The van der Waals surface area contributed by atoms with Gasteiger partial charge in [0.05, 0.1) is 19.6 Å². The summed E-state index contributed by atoms with van der Waals surface area (Å²) in [5.74, 6) is 0.838. The fourth-order valence-electron chi connectivity index (χ4n) is 1.56. The van der Waals surface area contributed by atoms with Crippen molar-refractivity contribution in [2.24, 2.45) is 0 Å². The maximum atomic E-state index is 11.3. The fourth-order valence-corrected chi connectivity index (χ4v) is 2.10. The first-order chi connectivity index (χ1) is 8.99. The lowest BCUT2D eigenvalue weighted by atomic mass is 10.1. The van der Waals surface area contributed by atoms with Crippen LogP contribution in [0.3, 0.4) is 0 Å². The monoisotopic (exact) mass is 283 g/mol. The van der Waals surface area contributed by atoms with E-state index >= 15 is 0 Å². The van der Waals surface area contributed by atoms with Gasteiger partial charge >= 0.3 is 0 Å². The van der Waals surface area contributed by atoms with Gasteiger partial charge in [0, 0.05) is 0 Å². The van der Waals surface area contributed by atoms with Crippen molar-refractivity contribution >= 4 is 10.1 Å². The summed E-state index contributed by atoms with van der Waals surface area (Å²) in [5, 5.41) is 0. The SMILES string of the molecule is COc1ccc(C(OS(C)(=O)=O)c2ncco2)cc1. The van der Waals surface area contributed by atoms with E-state index in [0.717, 1.165) is 6.26 Å². The van der Waals surface area contributed by atoms with Crippen LogP contribution >= 0.6 is 0 Å². The van der Waals surface area contributed by atoms with Gasteiger partial charge in [0.15, 0.2) is 6.10 Å². The molecule has 2 aromatic rings. The first kappa shape index (κ1) is 13.6. The van der Waals surface area contributed by atoms with Gasteiger partial charge in [-0.25, -0.2) is 4.98 Å². The molecule has 7 heteroatoms. The highest BCUT2D eigenvalue weighted by Gasteiger charge is 2.24. The van der Waals surface area contributed by atoms with Gasteiger partial charge in [-0.3, -0.25) is 4.18 Å². The highest BCUT2D eigenvalue weighted by atomic mass is 32.2. The summed E-state index contributed by atoms with van der Waals surface area (Å²) in [6, 6.07) is 6.80. The predicted molar refractivity (Wildman–Crippen MR) is 67.3 cm³/mol. The number of nitrogens with zero attached hydrogens (tertiary/aromatic N) is 1. The fraction of sp³-hybridized carbons (Fsp3) is 0.250. The summed E-state index contributed by atoms with van der Waals surface area (Å²) in [6.07, 6.45) is 2.86. The minimum Gasteiger partial charge on any atom is -0.497 e. The second kappa shape index (κ2) is 5.41. The third-order valence-corrected chi connectivity index (χ3v) is 2.91. The average molecular weight is 283 g/mol. The van der Waals surface area contributed by atoms with Crippen LogP contribution in [0.25, 0.3) is 0 Å². The number of ether oxygens (including phenoxy) is 1. The molecular weight excluding hydrogens is 270 g/mol. The van der Waals surface area contributed by atoms with Crippen molar-refractivity contribution in [3.8, 4) is 5.75 Å². The molecule has 0 aliphatic carbocycles. The largest absolute Gasteiger partial charge is 0.497 e. The van der Waals surface area contributed by atoms with Crippen molar-refractivity contribution < 1.29 is 21.8 Å². The Kier molecular flexibility index (Phi) is 3.87. The second-order valence-corrected chi connectivity index (χ2v) is 5.42. The smallest absolute Gasteiger partial charge is 0.265 e. The molecule has 1 aromatic heterocycles. The minimum atomic E-state index is -3.64. The normalized spacial score (nSPS) is 13.2. The van der Waals surface area contributed by atoms with Crippen LogP contribution in [0.5, 0.6) is 5.75 Å². The van der Waals surface area contributed by atoms with E-state index in [9.17, 15) is 8.42 Å². The molecule has 1 atom stereocenters. The van der Waals surface area contributed by atoms with E-state index in [2.05, 4.69) is 4.98 Å². The maximum Gasteiger partial charge on any atom is 0.265 e. The van der Waals surface area contributed by atoms with E-state index in [4.69, 9.17) is 13.3 Å². The molecule has 1 unspecified atom stereocenters. The molecule has 2 rings (SSSR count). The molecule has 0 aliphatic heterocycles.